The number of anilines is 1. The third kappa shape index (κ3) is 2.70. The summed E-state index contributed by atoms with van der Waals surface area (Å²) in [6, 6.07) is 3.45. The van der Waals surface area contributed by atoms with Crippen LogP contribution in [0.4, 0.5) is 10.5 Å². The zero-order valence-corrected chi connectivity index (χ0v) is 10.9. The third-order valence-corrected chi connectivity index (χ3v) is 3.70. The SMILES string of the molecule is O=C(Nc1ccc2c(c1Cl)B(O)OC2)OCC1CC1. The van der Waals surface area contributed by atoms with Gasteiger partial charge in [0.15, 0.2) is 0 Å². The van der Waals surface area contributed by atoms with E-state index in [1.54, 1.807) is 12.1 Å². The summed E-state index contributed by atoms with van der Waals surface area (Å²) in [5.41, 5.74) is 1.77. The zero-order chi connectivity index (χ0) is 13.4. The maximum Gasteiger partial charge on any atom is 0.493 e. The van der Waals surface area contributed by atoms with Crippen molar-refractivity contribution in [3.63, 3.8) is 0 Å². The predicted molar refractivity (Wildman–Crippen MR) is 71.5 cm³/mol. The summed E-state index contributed by atoms with van der Waals surface area (Å²) < 4.78 is 10.1. The van der Waals surface area contributed by atoms with Crippen molar-refractivity contribution in [1.82, 2.24) is 0 Å². The summed E-state index contributed by atoms with van der Waals surface area (Å²) in [6.45, 7) is 0.767. The van der Waals surface area contributed by atoms with Gasteiger partial charge in [-0.05, 0) is 30.4 Å². The highest BCUT2D eigenvalue weighted by molar-refractivity contribution is 6.66. The van der Waals surface area contributed by atoms with E-state index in [1.807, 2.05) is 0 Å². The van der Waals surface area contributed by atoms with Crippen molar-refractivity contribution in [3.05, 3.63) is 22.7 Å². The molecule has 0 bridgehead atoms. The van der Waals surface area contributed by atoms with E-state index >= 15 is 0 Å². The monoisotopic (exact) mass is 281 g/mol. The van der Waals surface area contributed by atoms with Crippen molar-refractivity contribution < 1.29 is 19.2 Å². The Morgan fingerprint density at radius 3 is 3.11 bits per heavy atom. The third-order valence-electron chi connectivity index (χ3n) is 3.30. The summed E-state index contributed by atoms with van der Waals surface area (Å²) in [7, 11) is -1.04. The fourth-order valence-electron chi connectivity index (χ4n) is 2.00. The molecule has 100 valence electrons. The lowest BCUT2D eigenvalue weighted by molar-refractivity contribution is 0.156. The van der Waals surface area contributed by atoms with Crippen LogP contribution in [0.15, 0.2) is 12.1 Å². The first-order valence-corrected chi connectivity index (χ1v) is 6.57. The minimum absolute atomic E-state index is 0.297. The second-order valence-corrected chi connectivity index (χ2v) is 5.21. The number of fused-ring (bicyclic) bond motifs is 1. The Labute approximate surface area is 116 Å². The molecule has 0 unspecified atom stereocenters. The lowest BCUT2D eigenvalue weighted by Crippen LogP contribution is -2.30. The van der Waals surface area contributed by atoms with E-state index in [2.05, 4.69) is 5.32 Å². The van der Waals surface area contributed by atoms with Crippen LogP contribution in [0.1, 0.15) is 18.4 Å². The molecule has 19 heavy (non-hydrogen) atoms. The average molecular weight is 282 g/mol. The number of carbonyl (C=O) groups is 1. The van der Waals surface area contributed by atoms with Crippen molar-refractivity contribution in [2.24, 2.45) is 5.92 Å². The van der Waals surface area contributed by atoms with Gasteiger partial charge in [-0.2, -0.15) is 0 Å². The van der Waals surface area contributed by atoms with E-state index in [0.717, 1.165) is 18.4 Å². The van der Waals surface area contributed by atoms with Gasteiger partial charge in [-0.15, -0.1) is 0 Å². The van der Waals surface area contributed by atoms with Gasteiger partial charge in [-0.3, -0.25) is 5.32 Å². The van der Waals surface area contributed by atoms with Crippen molar-refractivity contribution in [2.45, 2.75) is 19.4 Å². The van der Waals surface area contributed by atoms with Crippen molar-refractivity contribution in [2.75, 3.05) is 11.9 Å². The lowest BCUT2D eigenvalue weighted by Gasteiger charge is -2.10. The fraction of sp³-hybridized carbons (Fsp3) is 0.417. The van der Waals surface area contributed by atoms with E-state index in [9.17, 15) is 9.82 Å². The molecule has 0 spiro atoms. The van der Waals surface area contributed by atoms with E-state index < -0.39 is 13.2 Å². The number of hydrogen-bond donors (Lipinski definition) is 2. The largest absolute Gasteiger partial charge is 0.493 e. The van der Waals surface area contributed by atoms with Gasteiger partial charge in [-0.25, -0.2) is 4.79 Å². The highest BCUT2D eigenvalue weighted by atomic mass is 35.5. The summed E-state index contributed by atoms with van der Waals surface area (Å²) in [4.78, 5) is 11.6. The van der Waals surface area contributed by atoms with E-state index in [1.165, 1.54) is 0 Å². The topological polar surface area (TPSA) is 67.8 Å². The molecule has 0 saturated heterocycles. The van der Waals surface area contributed by atoms with Crippen molar-refractivity contribution in [3.8, 4) is 0 Å². The van der Waals surface area contributed by atoms with Crippen LogP contribution in [0.3, 0.4) is 0 Å². The Hall–Kier alpha value is -1.24. The van der Waals surface area contributed by atoms with Gasteiger partial charge in [0.2, 0.25) is 0 Å². The number of nitrogens with one attached hydrogen (secondary N) is 1. The molecule has 5 nitrogen and oxygen atoms in total. The van der Waals surface area contributed by atoms with Crippen LogP contribution in [0, 0.1) is 5.92 Å². The molecule has 1 heterocycles. The van der Waals surface area contributed by atoms with Crippen molar-refractivity contribution in [1.29, 1.82) is 0 Å². The normalized spacial score (nSPS) is 17.3. The summed E-state index contributed by atoms with van der Waals surface area (Å²) in [6.07, 6.45) is 1.72. The molecule has 1 aromatic carbocycles. The molecule has 3 rings (SSSR count). The van der Waals surface area contributed by atoms with Gasteiger partial charge >= 0.3 is 13.2 Å². The Morgan fingerprint density at radius 2 is 2.37 bits per heavy atom. The molecule has 2 aliphatic rings. The van der Waals surface area contributed by atoms with Crippen LogP contribution >= 0.6 is 11.6 Å². The first-order valence-electron chi connectivity index (χ1n) is 6.20. The van der Waals surface area contributed by atoms with E-state index in [-0.39, 0.29) is 0 Å². The molecule has 1 aliphatic heterocycles. The number of carbonyl (C=O) groups excluding carboxylic acids is 1. The fourth-order valence-corrected chi connectivity index (χ4v) is 2.32. The van der Waals surface area contributed by atoms with E-state index in [4.69, 9.17) is 21.0 Å². The highest BCUT2D eigenvalue weighted by Crippen LogP contribution is 2.29. The van der Waals surface area contributed by atoms with Gasteiger partial charge in [0.05, 0.1) is 23.9 Å². The summed E-state index contributed by atoms with van der Waals surface area (Å²) >= 11 is 6.16. The molecule has 7 heteroatoms. The number of benzene rings is 1. The first-order chi connectivity index (χ1) is 9.15. The molecule has 1 saturated carbocycles. The number of ether oxygens (including phenoxy) is 1. The van der Waals surface area contributed by atoms with Crippen LogP contribution in [-0.4, -0.2) is 24.8 Å². The molecular formula is C12H13BClNO4. The van der Waals surface area contributed by atoms with Crippen LogP contribution in [0.2, 0.25) is 5.02 Å². The maximum absolute atomic E-state index is 11.6. The zero-order valence-electron chi connectivity index (χ0n) is 10.2. The van der Waals surface area contributed by atoms with Crippen LogP contribution < -0.4 is 10.8 Å². The Balaban J connectivity index is 1.70. The average Bonchev–Trinajstić information content (AvgIpc) is 3.14. The standard InChI is InChI=1S/C12H13BClNO4/c14-11-9(15-12(16)18-5-7-1-2-7)4-3-8-6-19-13(17)10(8)11/h3-4,7,17H,1-2,5-6H2,(H,15,16). The molecular weight excluding hydrogens is 268 g/mol. The minimum Gasteiger partial charge on any atom is -0.449 e. The molecule has 0 radical (unpaired) electrons. The number of amides is 1. The van der Waals surface area contributed by atoms with Crippen molar-refractivity contribution >= 4 is 36.0 Å². The summed E-state index contributed by atoms with van der Waals surface area (Å²) in [5, 5.41) is 12.5. The number of halogens is 1. The van der Waals surface area contributed by atoms with Crippen LogP contribution in [0.25, 0.3) is 0 Å². The molecule has 1 aliphatic carbocycles. The maximum atomic E-state index is 11.6. The van der Waals surface area contributed by atoms with Gasteiger partial charge in [0.1, 0.15) is 0 Å². The molecule has 1 fully saturated rings. The number of hydrogen-bond acceptors (Lipinski definition) is 4. The Kier molecular flexibility index (Phi) is 3.39. The second-order valence-electron chi connectivity index (χ2n) is 4.83. The quantitative estimate of drug-likeness (QED) is 0.824. The molecule has 1 aromatic rings. The molecule has 0 aromatic heterocycles. The lowest BCUT2D eigenvalue weighted by atomic mass is 9.79. The van der Waals surface area contributed by atoms with Gasteiger partial charge in [0.25, 0.3) is 0 Å². The first kappa shape index (κ1) is 12.8. The predicted octanol–water partition coefficient (Wildman–Crippen LogP) is 1.52. The summed E-state index contributed by atoms with van der Waals surface area (Å²) in [5.74, 6) is 0.511. The van der Waals surface area contributed by atoms with Gasteiger partial charge in [0, 0.05) is 5.46 Å². The highest BCUT2D eigenvalue weighted by Gasteiger charge is 2.31. The Morgan fingerprint density at radius 1 is 1.58 bits per heavy atom. The van der Waals surface area contributed by atoms with E-state index in [0.29, 0.717) is 35.3 Å². The molecule has 0 atom stereocenters. The molecule has 2 N–H and O–H groups in total. The smallest absolute Gasteiger partial charge is 0.449 e. The molecule has 1 amide bonds. The minimum atomic E-state index is -1.04. The Bertz CT molecular complexity index is 521. The van der Waals surface area contributed by atoms with Crippen LogP contribution in [0.5, 0.6) is 0 Å². The van der Waals surface area contributed by atoms with Crippen LogP contribution in [-0.2, 0) is 16.0 Å². The second kappa shape index (κ2) is 5.04. The van der Waals surface area contributed by atoms with Gasteiger partial charge < -0.3 is 14.4 Å². The van der Waals surface area contributed by atoms with Gasteiger partial charge in [-0.1, -0.05) is 17.7 Å². The number of rotatable bonds is 3.